The van der Waals surface area contributed by atoms with Crippen LogP contribution >= 0.6 is 0 Å². The first-order valence-corrected chi connectivity index (χ1v) is 6.72. The van der Waals surface area contributed by atoms with E-state index in [9.17, 15) is 26.3 Å². The van der Waals surface area contributed by atoms with Crippen molar-refractivity contribution in [3.8, 4) is 16.9 Å². The third-order valence-electron chi connectivity index (χ3n) is 3.21. The molecule has 0 fully saturated rings. The van der Waals surface area contributed by atoms with Crippen LogP contribution in [0.2, 0.25) is 0 Å². The molecule has 0 heterocycles. The van der Waals surface area contributed by atoms with E-state index in [0.717, 1.165) is 24.3 Å². The first-order chi connectivity index (χ1) is 11.0. The molecule has 0 aliphatic rings. The van der Waals surface area contributed by atoms with E-state index in [-0.39, 0.29) is 0 Å². The van der Waals surface area contributed by atoms with Gasteiger partial charge in [-0.05, 0) is 29.8 Å². The van der Waals surface area contributed by atoms with E-state index in [2.05, 4.69) is 4.74 Å². The number of halogens is 6. The molecule has 0 radical (unpaired) electrons. The topological polar surface area (TPSA) is 12.5 Å². The summed E-state index contributed by atoms with van der Waals surface area (Å²) in [6.45, 7) is 0. The monoisotopic (exact) mass is 349 g/mol. The SMILES string of the molecule is CN(C)c1cc(C(F)(F)F)ccc1-c1ccc(OC(F)(F)F)cc1. The third kappa shape index (κ3) is 4.33. The highest BCUT2D eigenvalue weighted by Crippen LogP contribution is 2.37. The van der Waals surface area contributed by atoms with Crippen LogP contribution in [-0.2, 0) is 6.18 Å². The number of rotatable bonds is 3. The van der Waals surface area contributed by atoms with Gasteiger partial charge in [-0.15, -0.1) is 13.2 Å². The Labute approximate surface area is 134 Å². The van der Waals surface area contributed by atoms with Crippen LogP contribution in [0.25, 0.3) is 11.1 Å². The molecule has 0 aromatic heterocycles. The van der Waals surface area contributed by atoms with E-state index in [1.54, 1.807) is 14.1 Å². The largest absolute Gasteiger partial charge is 0.573 e. The molecule has 0 amide bonds. The number of alkyl halides is 6. The van der Waals surface area contributed by atoms with Gasteiger partial charge in [-0.1, -0.05) is 18.2 Å². The summed E-state index contributed by atoms with van der Waals surface area (Å²) in [6, 6.07) is 8.16. The number of hydrogen-bond donors (Lipinski definition) is 0. The molecule has 0 atom stereocenters. The molecular weight excluding hydrogens is 336 g/mol. The fourth-order valence-electron chi connectivity index (χ4n) is 2.16. The number of hydrogen-bond acceptors (Lipinski definition) is 2. The Hall–Kier alpha value is -2.38. The summed E-state index contributed by atoms with van der Waals surface area (Å²) in [5, 5.41) is 0. The first-order valence-electron chi connectivity index (χ1n) is 6.72. The maximum atomic E-state index is 12.8. The normalized spacial score (nSPS) is 12.2. The highest BCUT2D eigenvalue weighted by atomic mass is 19.4. The van der Waals surface area contributed by atoms with Gasteiger partial charge in [0.15, 0.2) is 0 Å². The molecule has 0 saturated heterocycles. The van der Waals surface area contributed by atoms with Gasteiger partial charge in [0.1, 0.15) is 5.75 Å². The minimum absolute atomic E-state index is 0.300. The molecule has 8 heteroatoms. The van der Waals surface area contributed by atoms with Gasteiger partial charge < -0.3 is 9.64 Å². The summed E-state index contributed by atoms with van der Waals surface area (Å²) < 4.78 is 78.7. The van der Waals surface area contributed by atoms with Gasteiger partial charge in [0.25, 0.3) is 0 Å². The quantitative estimate of drug-likeness (QED) is 0.694. The van der Waals surface area contributed by atoms with Gasteiger partial charge >= 0.3 is 12.5 Å². The molecule has 2 aromatic rings. The Kier molecular flexibility index (Phi) is 4.68. The van der Waals surface area contributed by atoms with Gasteiger partial charge in [-0.25, -0.2) is 0 Å². The number of nitrogens with zero attached hydrogens (tertiary/aromatic N) is 1. The Balaban J connectivity index is 2.41. The maximum Gasteiger partial charge on any atom is 0.573 e. The van der Waals surface area contributed by atoms with Gasteiger partial charge in [0.05, 0.1) is 5.56 Å². The maximum absolute atomic E-state index is 12.8. The molecule has 2 aromatic carbocycles. The fraction of sp³-hybridized carbons (Fsp3) is 0.250. The highest BCUT2D eigenvalue weighted by molar-refractivity contribution is 5.79. The van der Waals surface area contributed by atoms with Crippen molar-refractivity contribution in [1.29, 1.82) is 0 Å². The first kappa shape index (κ1) is 18.0. The van der Waals surface area contributed by atoms with Crippen molar-refractivity contribution in [3.63, 3.8) is 0 Å². The van der Waals surface area contributed by atoms with Crippen molar-refractivity contribution in [2.24, 2.45) is 0 Å². The lowest BCUT2D eigenvalue weighted by atomic mass is 10.0. The van der Waals surface area contributed by atoms with E-state index >= 15 is 0 Å². The van der Waals surface area contributed by atoms with Crippen LogP contribution < -0.4 is 9.64 Å². The van der Waals surface area contributed by atoms with Gasteiger partial charge in [0.2, 0.25) is 0 Å². The minimum atomic E-state index is -4.80. The van der Waals surface area contributed by atoms with Gasteiger partial charge in [0, 0.05) is 25.3 Å². The predicted octanol–water partition coefficient (Wildman–Crippen LogP) is 5.34. The van der Waals surface area contributed by atoms with Crippen LogP contribution in [-0.4, -0.2) is 20.5 Å². The van der Waals surface area contributed by atoms with Crippen molar-refractivity contribution in [1.82, 2.24) is 0 Å². The molecule has 0 unspecified atom stereocenters. The predicted molar refractivity (Wildman–Crippen MR) is 77.9 cm³/mol. The third-order valence-corrected chi connectivity index (χ3v) is 3.21. The van der Waals surface area contributed by atoms with Crippen LogP contribution in [0.1, 0.15) is 5.56 Å². The molecule has 0 aliphatic carbocycles. The van der Waals surface area contributed by atoms with E-state index in [4.69, 9.17) is 0 Å². The second-order valence-corrected chi connectivity index (χ2v) is 5.20. The number of anilines is 1. The molecular formula is C16H13F6NO. The van der Waals surface area contributed by atoms with Crippen molar-refractivity contribution in [2.75, 3.05) is 19.0 Å². The van der Waals surface area contributed by atoms with Crippen molar-refractivity contribution in [3.05, 3.63) is 48.0 Å². The summed E-state index contributed by atoms with van der Waals surface area (Å²) in [5.74, 6) is -0.399. The van der Waals surface area contributed by atoms with E-state index in [1.807, 2.05) is 0 Å². The Morgan fingerprint density at radius 3 is 1.88 bits per heavy atom. The smallest absolute Gasteiger partial charge is 0.406 e. The molecule has 0 bridgehead atoms. The second-order valence-electron chi connectivity index (χ2n) is 5.20. The van der Waals surface area contributed by atoms with Crippen LogP contribution in [0, 0.1) is 0 Å². The molecule has 2 nitrogen and oxygen atoms in total. The fourth-order valence-corrected chi connectivity index (χ4v) is 2.16. The molecule has 0 N–H and O–H groups in total. The number of benzene rings is 2. The summed E-state index contributed by atoms with van der Waals surface area (Å²) in [7, 11) is 3.17. The van der Waals surface area contributed by atoms with E-state index in [1.165, 1.54) is 23.1 Å². The van der Waals surface area contributed by atoms with Crippen LogP contribution in [0.15, 0.2) is 42.5 Å². The highest BCUT2D eigenvalue weighted by Gasteiger charge is 2.32. The molecule has 0 aliphatic heterocycles. The lowest BCUT2D eigenvalue weighted by Crippen LogP contribution is -2.17. The summed E-state index contributed by atoms with van der Waals surface area (Å²) >= 11 is 0. The van der Waals surface area contributed by atoms with Crippen LogP contribution in [0.5, 0.6) is 5.75 Å². The Bertz CT molecular complexity index is 704. The Morgan fingerprint density at radius 2 is 1.42 bits per heavy atom. The van der Waals surface area contributed by atoms with Crippen LogP contribution in [0.4, 0.5) is 32.0 Å². The minimum Gasteiger partial charge on any atom is -0.406 e. The van der Waals surface area contributed by atoms with E-state index < -0.39 is 23.9 Å². The zero-order valence-corrected chi connectivity index (χ0v) is 12.7. The summed E-state index contributed by atoms with van der Waals surface area (Å²) in [5.41, 5.74) is 0.440. The zero-order valence-electron chi connectivity index (χ0n) is 12.7. The van der Waals surface area contributed by atoms with E-state index in [0.29, 0.717) is 16.8 Å². The Morgan fingerprint density at radius 1 is 0.833 bits per heavy atom. The van der Waals surface area contributed by atoms with Crippen molar-refractivity contribution >= 4 is 5.69 Å². The van der Waals surface area contributed by atoms with Gasteiger partial charge in [-0.2, -0.15) is 13.2 Å². The second kappa shape index (κ2) is 6.26. The van der Waals surface area contributed by atoms with Crippen LogP contribution in [0.3, 0.4) is 0 Å². The lowest BCUT2D eigenvalue weighted by molar-refractivity contribution is -0.274. The van der Waals surface area contributed by atoms with Crippen molar-refractivity contribution in [2.45, 2.75) is 12.5 Å². The average molecular weight is 349 g/mol. The molecule has 0 spiro atoms. The lowest BCUT2D eigenvalue weighted by Gasteiger charge is -2.20. The summed E-state index contributed by atoms with van der Waals surface area (Å²) in [6.07, 6.45) is -9.28. The molecule has 24 heavy (non-hydrogen) atoms. The number of ether oxygens (including phenoxy) is 1. The standard InChI is InChI=1S/C16H13F6NO/c1-23(2)14-9-11(15(17,18)19)5-8-13(14)10-3-6-12(7-4-10)24-16(20,21)22/h3-9H,1-2H3. The zero-order chi connectivity index (χ0) is 18.1. The molecule has 130 valence electrons. The molecule has 2 rings (SSSR count). The average Bonchev–Trinajstić information content (AvgIpc) is 2.45. The van der Waals surface area contributed by atoms with Crippen molar-refractivity contribution < 1.29 is 31.1 Å². The summed E-state index contributed by atoms with van der Waals surface area (Å²) in [4.78, 5) is 1.50. The molecule has 0 saturated carbocycles. The van der Waals surface area contributed by atoms with Gasteiger partial charge in [-0.3, -0.25) is 0 Å².